The molecule has 0 bridgehead atoms. The number of nitrogens with zero attached hydrogens (tertiary/aromatic N) is 1. The highest BCUT2D eigenvalue weighted by molar-refractivity contribution is 5.84. The largest absolute Gasteiger partial charge is 0.386 e. The molecule has 0 atom stereocenters. The molecule has 4 nitrogen and oxygen atoms in total. The smallest absolute Gasteiger partial charge is 0.230 e. The molecule has 3 N–H and O–H groups in total. The van der Waals surface area contributed by atoms with E-state index in [1.807, 2.05) is 6.92 Å². The minimum absolute atomic E-state index is 0.179. The molecular weight excluding hydrogens is 216 g/mol. The Kier molecular flexibility index (Phi) is 3.46. The van der Waals surface area contributed by atoms with E-state index in [4.69, 9.17) is 5.73 Å². The molecule has 1 amide bonds. The van der Waals surface area contributed by atoms with Crippen molar-refractivity contribution in [3.8, 4) is 0 Å². The molecule has 2 aliphatic rings. The highest BCUT2D eigenvalue weighted by Crippen LogP contribution is 2.39. The Hall–Kier alpha value is -0.610. The molecule has 0 radical (unpaired) electrons. The second kappa shape index (κ2) is 4.58. The van der Waals surface area contributed by atoms with Gasteiger partial charge in [0.1, 0.15) is 0 Å². The van der Waals surface area contributed by atoms with E-state index < -0.39 is 5.60 Å². The van der Waals surface area contributed by atoms with Gasteiger partial charge in [-0.05, 0) is 19.3 Å². The van der Waals surface area contributed by atoms with E-state index in [0.717, 1.165) is 25.7 Å². The first kappa shape index (κ1) is 12.8. The zero-order chi connectivity index (χ0) is 12.5. The molecular formula is C13H24N2O2. The third-order valence-electron chi connectivity index (χ3n) is 4.57. The van der Waals surface area contributed by atoms with Gasteiger partial charge in [-0.15, -0.1) is 0 Å². The summed E-state index contributed by atoms with van der Waals surface area (Å²) >= 11 is 0. The van der Waals surface area contributed by atoms with E-state index in [2.05, 4.69) is 0 Å². The van der Waals surface area contributed by atoms with Crippen molar-refractivity contribution in [2.45, 2.75) is 51.0 Å². The number of amides is 1. The normalized spacial score (nSPS) is 26.4. The van der Waals surface area contributed by atoms with Gasteiger partial charge in [-0.1, -0.05) is 26.2 Å². The lowest BCUT2D eigenvalue weighted by Gasteiger charge is -2.50. The quantitative estimate of drug-likeness (QED) is 0.769. The van der Waals surface area contributed by atoms with Gasteiger partial charge in [-0.2, -0.15) is 0 Å². The topological polar surface area (TPSA) is 66.6 Å². The molecule has 2 rings (SSSR count). The number of carbonyl (C=O) groups is 1. The SMILES string of the molecule is CCC1(O)CN(C(=O)C2(CN)CCCCC2)C1. The Bertz CT molecular complexity index is 292. The summed E-state index contributed by atoms with van der Waals surface area (Å²) in [7, 11) is 0. The molecule has 17 heavy (non-hydrogen) atoms. The van der Waals surface area contributed by atoms with Crippen LogP contribution in [0, 0.1) is 5.41 Å². The molecule has 98 valence electrons. The molecule has 1 heterocycles. The van der Waals surface area contributed by atoms with Crippen LogP contribution < -0.4 is 5.73 Å². The third kappa shape index (κ3) is 2.20. The van der Waals surface area contributed by atoms with Crippen molar-refractivity contribution >= 4 is 5.91 Å². The van der Waals surface area contributed by atoms with Crippen LogP contribution in [0.15, 0.2) is 0 Å². The van der Waals surface area contributed by atoms with Crippen molar-refractivity contribution in [1.29, 1.82) is 0 Å². The maximum Gasteiger partial charge on any atom is 0.230 e. The number of β-amino-alcohol motifs (C(OH)–C–C–N with tert-alkyl or cyclic N) is 1. The summed E-state index contributed by atoms with van der Waals surface area (Å²) < 4.78 is 0. The Morgan fingerprint density at radius 1 is 1.29 bits per heavy atom. The molecule has 1 aliphatic carbocycles. The molecule has 4 heteroatoms. The van der Waals surface area contributed by atoms with E-state index in [9.17, 15) is 9.90 Å². The molecule has 0 aromatic carbocycles. The van der Waals surface area contributed by atoms with E-state index >= 15 is 0 Å². The van der Waals surface area contributed by atoms with Gasteiger partial charge in [0.15, 0.2) is 0 Å². The van der Waals surface area contributed by atoms with E-state index in [0.29, 0.717) is 26.1 Å². The number of hydrogen-bond donors (Lipinski definition) is 2. The van der Waals surface area contributed by atoms with Crippen molar-refractivity contribution in [1.82, 2.24) is 4.90 Å². The Morgan fingerprint density at radius 3 is 2.35 bits per heavy atom. The number of carbonyl (C=O) groups excluding carboxylic acids is 1. The predicted octanol–water partition coefficient (Wildman–Crippen LogP) is 0.879. The molecule has 0 aromatic heterocycles. The Labute approximate surface area is 103 Å². The van der Waals surface area contributed by atoms with Crippen LogP contribution in [-0.4, -0.2) is 41.1 Å². The number of likely N-dealkylation sites (tertiary alicyclic amines) is 1. The van der Waals surface area contributed by atoms with Crippen molar-refractivity contribution in [3.63, 3.8) is 0 Å². The lowest BCUT2D eigenvalue weighted by Crippen LogP contribution is -2.66. The van der Waals surface area contributed by atoms with E-state index in [1.54, 1.807) is 4.90 Å². The minimum Gasteiger partial charge on any atom is -0.386 e. The van der Waals surface area contributed by atoms with Crippen LogP contribution in [0.3, 0.4) is 0 Å². The molecule has 1 aliphatic heterocycles. The van der Waals surface area contributed by atoms with Crippen molar-refractivity contribution < 1.29 is 9.90 Å². The average molecular weight is 240 g/mol. The lowest BCUT2D eigenvalue weighted by atomic mass is 9.72. The van der Waals surface area contributed by atoms with Crippen LogP contribution in [-0.2, 0) is 4.79 Å². The Balaban J connectivity index is 1.99. The number of nitrogens with two attached hydrogens (primary N) is 1. The van der Waals surface area contributed by atoms with Gasteiger partial charge in [0.25, 0.3) is 0 Å². The van der Waals surface area contributed by atoms with Crippen molar-refractivity contribution in [3.05, 3.63) is 0 Å². The molecule has 0 aromatic rings. The molecule has 0 spiro atoms. The minimum atomic E-state index is -0.639. The summed E-state index contributed by atoms with van der Waals surface area (Å²) in [6.45, 7) is 3.39. The second-order valence-electron chi connectivity index (χ2n) is 5.78. The van der Waals surface area contributed by atoms with Crippen molar-refractivity contribution in [2.24, 2.45) is 11.1 Å². The summed E-state index contributed by atoms with van der Waals surface area (Å²) in [4.78, 5) is 14.3. The first-order chi connectivity index (χ1) is 8.05. The maximum atomic E-state index is 12.5. The zero-order valence-electron chi connectivity index (χ0n) is 10.7. The number of rotatable bonds is 3. The number of aliphatic hydroxyl groups is 1. The predicted molar refractivity (Wildman–Crippen MR) is 66.4 cm³/mol. The van der Waals surface area contributed by atoms with Crippen LogP contribution in [0.5, 0.6) is 0 Å². The monoisotopic (exact) mass is 240 g/mol. The molecule has 1 saturated carbocycles. The fourth-order valence-corrected chi connectivity index (χ4v) is 3.10. The van der Waals surface area contributed by atoms with Crippen LogP contribution in [0.25, 0.3) is 0 Å². The first-order valence-electron chi connectivity index (χ1n) is 6.77. The van der Waals surface area contributed by atoms with E-state index in [-0.39, 0.29) is 11.3 Å². The van der Waals surface area contributed by atoms with Gasteiger partial charge in [-0.3, -0.25) is 4.79 Å². The highest BCUT2D eigenvalue weighted by atomic mass is 16.3. The summed E-state index contributed by atoms with van der Waals surface area (Å²) in [5.74, 6) is 0.179. The third-order valence-corrected chi connectivity index (χ3v) is 4.57. The number of hydrogen-bond acceptors (Lipinski definition) is 3. The van der Waals surface area contributed by atoms with Crippen molar-refractivity contribution in [2.75, 3.05) is 19.6 Å². The molecule has 2 fully saturated rings. The Morgan fingerprint density at radius 2 is 1.88 bits per heavy atom. The second-order valence-corrected chi connectivity index (χ2v) is 5.78. The summed E-state index contributed by atoms with van der Waals surface area (Å²) in [5.41, 5.74) is 4.88. The van der Waals surface area contributed by atoms with Crippen LogP contribution in [0.1, 0.15) is 45.4 Å². The lowest BCUT2D eigenvalue weighted by molar-refractivity contribution is -0.167. The average Bonchev–Trinajstić information content (AvgIpc) is 2.35. The van der Waals surface area contributed by atoms with E-state index in [1.165, 1.54) is 6.42 Å². The fraction of sp³-hybridized carbons (Fsp3) is 0.923. The molecule has 0 unspecified atom stereocenters. The highest BCUT2D eigenvalue weighted by Gasteiger charge is 2.48. The van der Waals surface area contributed by atoms with Gasteiger partial charge in [0, 0.05) is 6.54 Å². The standard InChI is InChI=1S/C13H24N2O2/c1-2-13(17)9-15(10-13)11(16)12(8-14)6-4-3-5-7-12/h17H,2-10,14H2,1H3. The van der Waals surface area contributed by atoms with Gasteiger partial charge >= 0.3 is 0 Å². The van der Waals surface area contributed by atoms with Gasteiger partial charge in [-0.25, -0.2) is 0 Å². The van der Waals surface area contributed by atoms with Gasteiger partial charge in [0.2, 0.25) is 5.91 Å². The zero-order valence-corrected chi connectivity index (χ0v) is 10.7. The van der Waals surface area contributed by atoms with Crippen LogP contribution in [0.4, 0.5) is 0 Å². The summed E-state index contributed by atoms with van der Waals surface area (Å²) in [6, 6.07) is 0. The fourth-order valence-electron chi connectivity index (χ4n) is 3.10. The summed E-state index contributed by atoms with van der Waals surface area (Å²) in [5, 5.41) is 9.97. The van der Waals surface area contributed by atoms with Crippen LogP contribution in [0.2, 0.25) is 0 Å². The van der Waals surface area contributed by atoms with Gasteiger partial charge < -0.3 is 15.7 Å². The molecule has 1 saturated heterocycles. The summed E-state index contributed by atoms with van der Waals surface area (Å²) in [6.07, 6.45) is 5.98. The maximum absolute atomic E-state index is 12.5. The van der Waals surface area contributed by atoms with Crippen LogP contribution >= 0.6 is 0 Å². The first-order valence-corrected chi connectivity index (χ1v) is 6.77. The van der Waals surface area contributed by atoms with Gasteiger partial charge in [0.05, 0.1) is 24.1 Å².